The Morgan fingerprint density at radius 3 is 3.03 bits per heavy atom. The van der Waals surface area contributed by atoms with Gasteiger partial charge in [-0.25, -0.2) is 14.5 Å². The fourth-order valence-electron chi connectivity index (χ4n) is 4.05. The van der Waals surface area contributed by atoms with Crippen LogP contribution < -0.4 is 0 Å². The number of amides is 1. The Morgan fingerprint density at radius 2 is 2.19 bits per heavy atom. The molecule has 5 aromatic rings. The summed E-state index contributed by atoms with van der Waals surface area (Å²) in [5, 5.41) is 12.7. The van der Waals surface area contributed by atoms with E-state index in [1.165, 1.54) is 12.4 Å². The zero-order valence-corrected chi connectivity index (χ0v) is 17.0. The van der Waals surface area contributed by atoms with Crippen molar-refractivity contribution in [2.24, 2.45) is 0 Å². The lowest BCUT2D eigenvalue weighted by Crippen LogP contribution is -2.41. The van der Waals surface area contributed by atoms with E-state index in [9.17, 15) is 4.79 Å². The van der Waals surface area contributed by atoms with Gasteiger partial charge in [0, 0.05) is 37.3 Å². The molecule has 1 atom stereocenters. The van der Waals surface area contributed by atoms with Crippen LogP contribution >= 0.6 is 0 Å². The molecule has 0 saturated heterocycles. The number of imidazole rings is 1. The molecular weight excluding hydrogens is 410 g/mol. The van der Waals surface area contributed by atoms with Crippen LogP contribution in [-0.2, 0) is 6.42 Å². The first kappa shape index (κ1) is 18.4. The molecule has 32 heavy (non-hydrogen) atoms. The Labute approximate surface area is 181 Å². The van der Waals surface area contributed by atoms with Crippen molar-refractivity contribution in [2.45, 2.75) is 19.4 Å². The maximum Gasteiger partial charge on any atom is 0.312 e. The lowest BCUT2D eigenvalue weighted by atomic mass is 9.99. The highest BCUT2D eigenvalue weighted by molar-refractivity contribution is 5.90. The molecule has 158 valence electrons. The van der Waals surface area contributed by atoms with Crippen molar-refractivity contribution in [1.29, 1.82) is 0 Å². The third kappa shape index (κ3) is 2.86. The topological polar surface area (TPSA) is 131 Å². The van der Waals surface area contributed by atoms with Gasteiger partial charge in [0.25, 0.3) is 5.89 Å². The summed E-state index contributed by atoms with van der Waals surface area (Å²) in [5.41, 5.74) is 4.93. The monoisotopic (exact) mass is 427 g/mol. The van der Waals surface area contributed by atoms with Gasteiger partial charge in [0.2, 0.25) is 0 Å². The molecule has 6 heterocycles. The van der Waals surface area contributed by atoms with Crippen LogP contribution in [0.3, 0.4) is 0 Å². The van der Waals surface area contributed by atoms with Crippen molar-refractivity contribution in [3.63, 3.8) is 0 Å². The molecule has 0 radical (unpaired) electrons. The van der Waals surface area contributed by atoms with Crippen LogP contribution in [0.4, 0.5) is 0 Å². The first-order valence-electron chi connectivity index (χ1n) is 10.1. The number of hydrogen-bond acceptors (Lipinski definition) is 8. The minimum atomic E-state index is -0.483. The van der Waals surface area contributed by atoms with Crippen LogP contribution in [0.1, 0.15) is 39.4 Å². The zero-order valence-electron chi connectivity index (χ0n) is 17.0. The van der Waals surface area contributed by atoms with E-state index in [0.717, 1.165) is 28.2 Å². The van der Waals surface area contributed by atoms with E-state index in [2.05, 4.69) is 30.1 Å². The molecule has 6 rings (SSSR count). The first-order valence-corrected chi connectivity index (χ1v) is 10.1. The molecule has 0 unspecified atom stereocenters. The summed E-state index contributed by atoms with van der Waals surface area (Å²) in [6.45, 7) is 2.48. The largest absolute Gasteiger partial charge is 0.411 e. The van der Waals surface area contributed by atoms with Gasteiger partial charge in [-0.3, -0.25) is 9.78 Å². The Hall–Kier alpha value is -4.41. The van der Waals surface area contributed by atoms with Gasteiger partial charge in [-0.05, 0) is 24.6 Å². The third-order valence-electron chi connectivity index (χ3n) is 5.59. The predicted molar refractivity (Wildman–Crippen MR) is 110 cm³/mol. The summed E-state index contributed by atoms with van der Waals surface area (Å²) in [4.78, 5) is 31.0. The molecule has 1 N–H and O–H groups in total. The molecule has 5 aromatic heterocycles. The van der Waals surface area contributed by atoms with Crippen molar-refractivity contribution in [3.8, 4) is 11.6 Å². The summed E-state index contributed by atoms with van der Waals surface area (Å²) in [5.74, 6) is -0.367. The summed E-state index contributed by atoms with van der Waals surface area (Å²) >= 11 is 0. The standard InChI is InChI=1S/C21H17N9O2/c1-12-3-2-7-30-16(12)9-14(28-30)18-17-13(24-11-25-17)4-8-29(18)21(31)20-27-26-19(32-20)15-10-22-5-6-23-15/h2-3,5-7,9-11,18H,4,8H2,1H3,(H,24,25)/t18-/m1/s1. The van der Waals surface area contributed by atoms with Crippen molar-refractivity contribution in [1.82, 2.24) is 44.6 Å². The summed E-state index contributed by atoms with van der Waals surface area (Å²) in [7, 11) is 0. The number of aryl methyl sites for hydroxylation is 1. The molecule has 0 aliphatic carbocycles. The maximum absolute atomic E-state index is 13.5. The number of aromatic nitrogens is 8. The SMILES string of the molecule is Cc1cccn2nc([C@@H]3c4nc[nH]c4CCN3C(=O)c3nnc(-c4cnccn4)o3)cc12. The lowest BCUT2D eigenvalue weighted by molar-refractivity contribution is 0.0646. The first-order chi connectivity index (χ1) is 15.7. The van der Waals surface area contributed by atoms with Gasteiger partial charge >= 0.3 is 11.8 Å². The molecule has 11 heteroatoms. The van der Waals surface area contributed by atoms with Gasteiger partial charge in [0.05, 0.1) is 29.4 Å². The van der Waals surface area contributed by atoms with Gasteiger partial charge in [0.1, 0.15) is 11.7 Å². The number of H-pyrrole nitrogens is 1. The molecule has 1 aliphatic heterocycles. The number of carbonyl (C=O) groups is 1. The summed E-state index contributed by atoms with van der Waals surface area (Å²) < 4.78 is 7.46. The highest BCUT2D eigenvalue weighted by Gasteiger charge is 2.38. The molecule has 0 spiro atoms. The van der Waals surface area contributed by atoms with Crippen molar-refractivity contribution >= 4 is 11.4 Å². The fraction of sp³-hybridized carbons (Fsp3) is 0.190. The normalized spacial score (nSPS) is 15.8. The molecule has 0 fully saturated rings. The molecule has 0 bridgehead atoms. The third-order valence-corrected chi connectivity index (χ3v) is 5.59. The number of fused-ring (bicyclic) bond motifs is 2. The Balaban J connectivity index is 1.41. The second kappa shape index (κ2) is 7.08. The van der Waals surface area contributed by atoms with E-state index in [4.69, 9.17) is 9.52 Å². The summed E-state index contributed by atoms with van der Waals surface area (Å²) in [6.07, 6.45) is 8.73. The predicted octanol–water partition coefficient (Wildman–Crippen LogP) is 1.99. The Morgan fingerprint density at radius 1 is 1.25 bits per heavy atom. The Bertz CT molecular complexity index is 1440. The minimum absolute atomic E-state index is 0.116. The van der Waals surface area contributed by atoms with Crippen LogP contribution in [0.25, 0.3) is 17.1 Å². The van der Waals surface area contributed by atoms with Crippen LogP contribution in [0, 0.1) is 6.92 Å². The van der Waals surface area contributed by atoms with Gasteiger partial charge in [-0.15, -0.1) is 10.2 Å². The number of carbonyl (C=O) groups excluding carboxylic acids is 1. The smallest absolute Gasteiger partial charge is 0.312 e. The van der Waals surface area contributed by atoms with Gasteiger partial charge in [-0.1, -0.05) is 6.07 Å². The zero-order chi connectivity index (χ0) is 21.7. The van der Waals surface area contributed by atoms with Gasteiger partial charge in [0.15, 0.2) is 0 Å². The van der Waals surface area contributed by atoms with Crippen LogP contribution in [0.2, 0.25) is 0 Å². The Kier molecular flexibility index (Phi) is 4.06. The van der Waals surface area contributed by atoms with E-state index in [-0.39, 0.29) is 17.7 Å². The lowest BCUT2D eigenvalue weighted by Gasteiger charge is -2.32. The number of rotatable bonds is 3. The number of nitrogens with one attached hydrogen (secondary N) is 1. The van der Waals surface area contributed by atoms with Gasteiger partial charge in [-0.2, -0.15) is 5.10 Å². The van der Waals surface area contributed by atoms with Crippen LogP contribution in [-0.4, -0.2) is 57.1 Å². The molecule has 0 aromatic carbocycles. The highest BCUT2D eigenvalue weighted by Crippen LogP contribution is 2.34. The molecule has 1 amide bonds. The van der Waals surface area contributed by atoms with E-state index < -0.39 is 6.04 Å². The second-order valence-corrected chi connectivity index (χ2v) is 7.51. The number of hydrogen-bond donors (Lipinski definition) is 1. The summed E-state index contributed by atoms with van der Waals surface area (Å²) in [6, 6.07) is 5.47. The quantitative estimate of drug-likeness (QED) is 0.462. The maximum atomic E-state index is 13.5. The second-order valence-electron chi connectivity index (χ2n) is 7.51. The molecular formula is C21H17N9O2. The van der Waals surface area contributed by atoms with E-state index in [0.29, 0.717) is 18.7 Å². The van der Waals surface area contributed by atoms with E-state index >= 15 is 0 Å². The molecule has 11 nitrogen and oxygen atoms in total. The molecule has 1 aliphatic rings. The number of pyridine rings is 1. The molecule has 0 saturated carbocycles. The van der Waals surface area contributed by atoms with E-state index in [1.54, 1.807) is 17.4 Å². The van der Waals surface area contributed by atoms with Crippen molar-refractivity contribution in [3.05, 3.63) is 77.8 Å². The van der Waals surface area contributed by atoms with Gasteiger partial charge < -0.3 is 14.3 Å². The van der Waals surface area contributed by atoms with Crippen molar-refractivity contribution < 1.29 is 9.21 Å². The highest BCUT2D eigenvalue weighted by atomic mass is 16.4. The van der Waals surface area contributed by atoms with Crippen molar-refractivity contribution in [2.75, 3.05) is 6.54 Å². The minimum Gasteiger partial charge on any atom is -0.411 e. The number of aromatic amines is 1. The van der Waals surface area contributed by atoms with Crippen LogP contribution in [0.5, 0.6) is 0 Å². The average Bonchev–Trinajstić information content (AvgIpc) is 3.58. The number of nitrogens with zero attached hydrogens (tertiary/aromatic N) is 8. The van der Waals surface area contributed by atoms with E-state index in [1.807, 2.05) is 35.8 Å². The fourth-order valence-corrected chi connectivity index (χ4v) is 4.05. The average molecular weight is 427 g/mol. The van der Waals surface area contributed by atoms with Crippen LogP contribution in [0.15, 0.2) is 53.7 Å².